The van der Waals surface area contributed by atoms with Crippen LogP contribution in [0.4, 0.5) is 11.4 Å². The van der Waals surface area contributed by atoms with Gasteiger partial charge in [0, 0.05) is 16.5 Å². The molecule has 0 fully saturated rings. The summed E-state index contributed by atoms with van der Waals surface area (Å²) in [6.07, 6.45) is 97.9. The molecule has 0 spiro atoms. The minimum atomic E-state index is 0. The number of benzene rings is 2. The number of nitrogens with zero attached hydrogens (tertiary/aromatic N) is 2. The molecule has 0 unspecified atom stereocenters. The first-order valence-corrected chi connectivity index (χ1v) is 38.0. The van der Waals surface area contributed by atoms with Crippen molar-refractivity contribution in [3.8, 4) is 0 Å². The second-order valence-electron chi connectivity index (χ2n) is 26.2. The van der Waals surface area contributed by atoms with Crippen molar-refractivity contribution in [2.45, 2.75) is 400 Å². The molecule has 3 heteroatoms. The molecule has 0 bridgehead atoms. The van der Waals surface area contributed by atoms with Crippen LogP contribution in [0.5, 0.6) is 0 Å². The molecule has 0 N–H and O–H groups in total. The van der Waals surface area contributed by atoms with E-state index in [1.54, 1.807) is 0 Å². The Hall–Kier alpha value is -2.51. The number of para-hydroxylation sites is 2. The number of rotatable bonds is 65. The zero-order chi connectivity index (χ0) is 59.6. The number of unbranched alkanes of at least 4 members (excludes halogenated alkanes) is 52. The summed E-state index contributed by atoms with van der Waals surface area (Å²) in [5.74, 6) is 0. The van der Waals surface area contributed by atoms with Gasteiger partial charge in [-0.05, 0) is 106 Å². The van der Waals surface area contributed by atoms with Crippen LogP contribution >= 0.6 is 0 Å². The molecule has 0 aliphatic carbocycles. The molecule has 0 radical (unpaired) electrons. The first kappa shape index (κ1) is 80.5. The van der Waals surface area contributed by atoms with Gasteiger partial charge in [-0.1, -0.05) is 389 Å². The Balaban J connectivity index is 0.0000361. The summed E-state index contributed by atoms with van der Waals surface area (Å²) < 4.78 is 0. The molecule has 0 amide bonds. The summed E-state index contributed by atoms with van der Waals surface area (Å²) in [7, 11) is 0. The summed E-state index contributed by atoms with van der Waals surface area (Å²) in [5.41, 5.74) is 5.81. The molecule has 0 saturated carbocycles. The first-order valence-electron chi connectivity index (χ1n) is 38.0. The number of allylic oxidation sites excluding steroid dienone is 6. The van der Waals surface area contributed by atoms with Crippen molar-refractivity contribution in [1.29, 1.82) is 0 Å². The molecule has 490 valence electrons. The second kappa shape index (κ2) is 67.4. The van der Waals surface area contributed by atoms with Crippen LogP contribution in [0.15, 0.2) is 95.0 Å². The van der Waals surface area contributed by atoms with Gasteiger partial charge in [-0.15, -0.1) is 0 Å². The topological polar surface area (TPSA) is 24.7 Å². The molecule has 2 nitrogen and oxygen atoms in total. The smallest absolute Gasteiger partial charge is 0.0816 e. The van der Waals surface area contributed by atoms with Crippen LogP contribution in [0.25, 0.3) is 0 Å². The second-order valence-corrected chi connectivity index (χ2v) is 26.2. The zero-order valence-electron chi connectivity index (χ0n) is 57.1. The van der Waals surface area contributed by atoms with E-state index < -0.39 is 0 Å². The van der Waals surface area contributed by atoms with Crippen molar-refractivity contribution in [1.82, 2.24) is 0 Å². The molecule has 0 atom stereocenters. The maximum Gasteiger partial charge on any atom is 0.0816 e. The zero-order valence-corrected chi connectivity index (χ0v) is 58.1. The van der Waals surface area contributed by atoms with Crippen molar-refractivity contribution in [2.24, 2.45) is 9.98 Å². The Morgan fingerprint density at radius 3 is 0.812 bits per heavy atom. The normalized spacial score (nSPS) is 12.2. The predicted molar refractivity (Wildman–Crippen MR) is 383 cm³/mol. The molecular formula is C82H142N2Ni. The molecule has 85 heavy (non-hydrogen) atoms. The van der Waals surface area contributed by atoms with Gasteiger partial charge in [0.15, 0.2) is 0 Å². The van der Waals surface area contributed by atoms with Crippen molar-refractivity contribution >= 4 is 23.3 Å². The molecule has 2 aromatic carbocycles. The van der Waals surface area contributed by atoms with Crippen LogP contribution in [0.2, 0.25) is 0 Å². The van der Waals surface area contributed by atoms with Crippen molar-refractivity contribution in [3.05, 3.63) is 96.1 Å². The Bertz CT molecular complexity index is 1800. The van der Waals surface area contributed by atoms with E-state index in [0.717, 1.165) is 62.0 Å². The summed E-state index contributed by atoms with van der Waals surface area (Å²) in [5, 5.41) is 0. The van der Waals surface area contributed by atoms with E-state index in [9.17, 15) is 0 Å². The van der Waals surface area contributed by atoms with Gasteiger partial charge in [-0.2, -0.15) is 0 Å². The Labute approximate surface area is 542 Å². The van der Waals surface area contributed by atoms with Crippen LogP contribution in [-0.2, 0) is 29.3 Å². The number of aliphatic imine (C=N–C) groups is 2. The summed E-state index contributed by atoms with van der Waals surface area (Å²) in [6, 6.07) is 17.7. The molecule has 2 rings (SSSR count). The van der Waals surface area contributed by atoms with E-state index in [2.05, 4.69) is 106 Å². The van der Waals surface area contributed by atoms with Gasteiger partial charge < -0.3 is 0 Å². The fraction of sp³-hybridized carbons (Fsp3) is 0.756. The average molecular weight is 1210 g/mol. The first-order chi connectivity index (χ1) is 41.8. The molecule has 0 aliphatic rings. The molecule has 0 aliphatic heterocycles. The van der Waals surface area contributed by atoms with Crippen LogP contribution in [-0.4, -0.2) is 11.9 Å². The van der Waals surface area contributed by atoms with Crippen molar-refractivity contribution in [3.63, 3.8) is 0 Å². The number of hydrogen-bond acceptors (Lipinski definition) is 2. The molecule has 0 saturated heterocycles. The average Bonchev–Trinajstić information content (AvgIpc) is 3.62. The Kier molecular flexibility index (Phi) is 63.9. The van der Waals surface area contributed by atoms with Gasteiger partial charge in [0.05, 0.1) is 23.3 Å². The van der Waals surface area contributed by atoms with E-state index in [4.69, 9.17) is 9.98 Å². The van der Waals surface area contributed by atoms with Gasteiger partial charge in [0.1, 0.15) is 0 Å². The largest absolute Gasteiger partial charge is 0.254 e. The molecule has 0 heterocycles. The predicted octanol–water partition coefficient (Wildman–Crippen LogP) is 29.2. The fourth-order valence-corrected chi connectivity index (χ4v) is 12.3. The molecule has 0 aromatic heterocycles. The standard InChI is InChI=1S/C82H142N2.Ni/c1-4-7-10-13-16-19-22-25-28-31-34-37-38-41-44-47-50-53-56-59-62-65-74-80(84-82-76-69-67-73-79(82)71-64-61-58-55-52-49-46-43-40-36-33-30-27-24-21-18-15-12-9-6-3)77-83-81-75-68-66-72-78(81)70-63-60-57-54-51-48-45-42-39-35-32-29-26-23-20-17-14-11-8-5-2;/h54-55,57-58,65-69,72-77H,4-53,56,59-64,70-71H2,1-3H3;/b57-54+,58-55+,74-65+,83-77-,84-80+;. The minimum Gasteiger partial charge on any atom is -0.254 e. The maximum absolute atomic E-state index is 5.34. The molecular weight excluding hydrogens is 1070 g/mol. The maximum atomic E-state index is 5.34. The van der Waals surface area contributed by atoms with Gasteiger partial charge in [0.25, 0.3) is 0 Å². The van der Waals surface area contributed by atoms with E-state index in [-0.39, 0.29) is 16.5 Å². The van der Waals surface area contributed by atoms with Crippen molar-refractivity contribution < 1.29 is 16.5 Å². The van der Waals surface area contributed by atoms with Crippen LogP contribution < -0.4 is 0 Å². The van der Waals surface area contributed by atoms with Gasteiger partial charge in [-0.25, -0.2) is 4.99 Å². The van der Waals surface area contributed by atoms with Crippen LogP contribution in [0.1, 0.15) is 398 Å². The van der Waals surface area contributed by atoms with Crippen LogP contribution in [0, 0.1) is 0 Å². The minimum absolute atomic E-state index is 0. The number of hydrogen-bond donors (Lipinski definition) is 0. The quantitative estimate of drug-likeness (QED) is 0.0273. The third-order valence-electron chi connectivity index (χ3n) is 18.0. The third kappa shape index (κ3) is 55.3. The monoisotopic (exact) mass is 1210 g/mol. The van der Waals surface area contributed by atoms with Crippen LogP contribution in [0.3, 0.4) is 0 Å². The number of aryl methyl sites for hydroxylation is 2. The fourth-order valence-electron chi connectivity index (χ4n) is 12.3. The van der Waals surface area contributed by atoms with E-state index in [0.29, 0.717) is 0 Å². The van der Waals surface area contributed by atoms with Gasteiger partial charge >= 0.3 is 0 Å². The summed E-state index contributed by atoms with van der Waals surface area (Å²) >= 11 is 0. The third-order valence-corrected chi connectivity index (χ3v) is 18.0. The van der Waals surface area contributed by atoms with Gasteiger partial charge in [0.2, 0.25) is 0 Å². The van der Waals surface area contributed by atoms with E-state index in [1.807, 2.05) is 6.21 Å². The van der Waals surface area contributed by atoms with E-state index in [1.165, 1.54) is 345 Å². The van der Waals surface area contributed by atoms with Crippen molar-refractivity contribution in [2.75, 3.05) is 0 Å². The Morgan fingerprint density at radius 1 is 0.271 bits per heavy atom. The molecule has 2 aromatic rings. The Morgan fingerprint density at radius 2 is 0.506 bits per heavy atom. The summed E-state index contributed by atoms with van der Waals surface area (Å²) in [6.45, 7) is 6.93. The van der Waals surface area contributed by atoms with E-state index >= 15 is 0 Å². The van der Waals surface area contributed by atoms with Gasteiger partial charge in [-0.3, -0.25) is 4.99 Å². The summed E-state index contributed by atoms with van der Waals surface area (Å²) in [4.78, 5) is 10.5. The SMILES string of the molecule is CCCCCCCCCCCCCCCCC/C=C/CCCc1ccccc1\N=C/C(/C=C/CCCCCCCCCCCCCCCCCCCCCC)=N/c1ccccc1CCC/C=C/CCCCCCCCCCCCCCCCC.[Ni].